The second-order valence-electron chi connectivity index (χ2n) is 8.54. The number of hydrogen-bond acceptors (Lipinski definition) is 2. The van der Waals surface area contributed by atoms with Gasteiger partial charge in [-0.3, -0.25) is 4.79 Å². The highest BCUT2D eigenvalue weighted by atomic mass is 16.5. The molecule has 31 heavy (non-hydrogen) atoms. The predicted molar refractivity (Wildman–Crippen MR) is 126 cm³/mol. The van der Waals surface area contributed by atoms with Gasteiger partial charge in [0.1, 0.15) is 11.4 Å². The van der Waals surface area contributed by atoms with Crippen molar-refractivity contribution in [2.75, 3.05) is 5.32 Å². The zero-order chi connectivity index (χ0) is 22.4. The number of aryl methyl sites for hydroxylation is 1. The first kappa shape index (κ1) is 22.3. The van der Waals surface area contributed by atoms with E-state index in [9.17, 15) is 4.79 Å². The van der Waals surface area contributed by atoms with Crippen LogP contribution >= 0.6 is 0 Å². The average Bonchev–Trinajstić information content (AvgIpc) is 2.74. The van der Waals surface area contributed by atoms with Crippen molar-refractivity contribution >= 4 is 17.4 Å². The zero-order valence-corrected chi connectivity index (χ0v) is 19.0. The molecule has 4 heteroatoms. The fourth-order valence-corrected chi connectivity index (χ4v) is 3.40. The fourth-order valence-electron chi connectivity index (χ4n) is 3.40. The molecule has 0 spiro atoms. The highest BCUT2D eigenvalue weighted by molar-refractivity contribution is 5.94. The van der Waals surface area contributed by atoms with Crippen molar-refractivity contribution in [2.45, 2.75) is 46.8 Å². The first-order chi connectivity index (χ1) is 14.8. The number of aromatic nitrogens is 1. The van der Waals surface area contributed by atoms with Crippen LogP contribution in [0.1, 0.15) is 38.8 Å². The van der Waals surface area contributed by atoms with E-state index in [0.717, 1.165) is 33.7 Å². The van der Waals surface area contributed by atoms with Gasteiger partial charge in [0.05, 0.1) is 5.69 Å². The van der Waals surface area contributed by atoms with Gasteiger partial charge in [-0.25, -0.2) is 0 Å². The van der Waals surface area contributed by atoms with E-state index in [2.05, 4.69) is 17.4 Å². The Kier molecular flexibility index (Phi) is 6.91. The first-order valence-corrected chi connectivity index (χ1v) is 10.6. The summed E-state index contributed by atoms with van der Waals surface area (Å²) in [4.78, 5) is 12.9. The highest BCUT2D eigenvalue weighted by Gasteiger charge is 2.20. The van der Waals surface area contributed by atoms with E-state index in [1.54, 1.807) is 0 Å². The van der Waals surface area contributed by atoms with Crippen molar-refractivity contribution in [3.05, 3.63) is 90.3 Å². The SMILES string of the molecule is C/C=C(/OC(C)(C)C)c1cccc(C)c1NC(=O)C[n+]1cccc(-c2ccccc2)c1. The van der Waals surface area contributed by atoms with Crippen LogP contribution in [0.3, 0.4) is 0 Å². The van der Waals surface area contributed by atoms with Gasteiger partial charge in [-0.1, -0.05) is 42.5 Å². The number of carbonyl (C=O) groups excluding carboxylic acids is 1. The van der Waals surface area contributed by atoms with Crippen LogP contribution in [0.2, 0.25) is 0 Å². The molecule has 0 atom stereocenters. The molecule has 3 rings (SSSR count). The lowest BCUT2D eigenvalue weighted by atomic mass is 10.0. The van der Waals surface area contributed by atoms with Gasteiger partial charge in [0.15, 0.2) is 12.4 Å². The van der Waals surface area contributed by atoms with Crippen molar-refractivity contribution < 1.29 is 14.1 Å². The Balaban J connectivity index is 1.82. The lowest BCUT2D eigenvalue weighted by molar-refractivity contribution is -0.683. The Morgan fingerprint density at radius 2 is 1.71 bits per heavy atom. The molecule has 0 fully saturated rings. The molecule has 0 saturated carbocycles. The average molecular weight is 416 g/mol. The smallest absolute Gasteiger partial charge is 0.290 e. The number of nitrogens with zero attached hydrogens (tertiary/aromatic N) is 1. The summed E-state index contributed by atoms with van der Waals surface area (Å²) in [6.07, 6.45) is 5.84. The molecule has 0 unspecified atom stereocenters. The molecule has 0 bridgehead atoms. The number of hydrogen-bond donors (Lipinski definition) is 1. The molecule has 3 aromatic rings. The number of nitrogens with one attached hydrogen (secondary N) is 1. The van der Waals surface area contributed by atoms with Gasteiger partial charge in [0, 0.05) is 17.2 Å². The van der Waals surface area contributed by atoms with E-state index in [1.807, 2.05) is 106 Å². The van der Waals surface area contributed by atoms with Gasteiger partial charge in [0.2, 0.25) is 6.54 Å². The number of carbonyl (C=O) groups is 1. The lowest BCUT2D eigenvalue weighted by Crippen LogP contribution is -2.40. The van der Waals surface area contributed by atoms with E-state index in [0.29, 0.717) is 0 Å². The number of amides is 1. The quantitative estimate of drug-likeness (QED) is 0.411. The van der Waals surface area contributed by atoms with Gasteiger partial charge < -0.3 is 10.1 Å². The maximum absolute atomic E-state index is 12.9. The van der Waals surface area contributed by atoms with Gasteiger partial charge in [-0.15, -0.1) is 0 Å². The maximum atomic E-state index is 12.9. The summed E-state index contributed by atoms with van der Waals surface area (Å²) >= 11 is 0. The number of rotatable bonds is 6. The van der Waals surface area contributed by atoms with Gasteiger partial charge in [-0.05, 0) is 64.0 Å². The van der Waals surface area contributed by atoms with E-state index in [-0.39, 0.29) is 18.1 Å². The van der Waals surface area contributed by atoms with E-state index in [4.69, 9.17) is 4.74 Å². The van der Waals surface area contributed by atoms with Gasteiger partial charge in [-0.2, -0.15) is 4.57 Å². The van der Waals surface area contributed by atoms with E-state index >= 15 is 0 Å². The van der Waals surface area contributed by atoms with Crippen LogP contribution in [0.5, 0.6) is 0 Å². The minimum absolute atomic E-state index is 0.0861. The molecule has 0 saturated heterocycles. The summed E-state index contributed by atoms with van der Waals surface area (Å²) in [5.74, 6) is 0.669. The standard InChI is InChI=1S/C27H30N2O2/c1-6-24(31-27(3,4)5)23-16-10-12-20(2)26(23)28-25(30)19-29-17-11-15-22(18-29)21-13-8-7-9-14-21/h6-18H,19H2,1-5H3/p+1/b24-6+. The lowest BCUT2D eigenvalue weighted by Gasteiger charge is -2.25. The molecule has 0 aliphatic carbocycles. The largest absolute Gasteiger partial charge is 0.488 e. The molecule has 1 amide bonds. The normalized spacial score (nSPS) is 11.8. The third-order valence-electron chi connectivity index (χ3n) is 4.77. The molecule has 0 radical (unpaired) electrons. The van der Waals surface area contributed by atoms with Crippen molar-refractivity contribution in [3.8, 4) is 11.1 Å². The monoisotopic (exact) mass is 415 g/mol. The molecule has 0 aliphatic heterocycles. The zero-order valence-electron chi connectivity index (χ0n) is 19.0. The number of pyridine rings is 1. The Morgan fingerprint density at radius 3 is 2.39 bits per heavy atom. The van der Waals surface area contributed by atoms with Crippen LogP contribution in [-0.4, -0.2) is 11.5 Å². The number of benzene rings is 2. The Hall–Kier alpha value is -3.40. The Bertz CT molecular complexity index is 1080. The summed E-state index contributed by atoms with van der Waals surface area (Å²) in [5.41, 5.74) is 4.52. The number of ether oxygens (including phenoxy) is 1. The molecule has 2 aromatic carbocycles. The summed E-state index contributed by atoms with van der Waals surface area (Å²) in [7, 11) is 0. The minimum Gasteiger partial charge on any atom is -0.488 e. The van der Waals surface area contributed by atoms with Crippen molar-refractivity contribution in [2.24, 2.45) is 0 Å². The molecule has 4 nitrogen and oxygen atoms in total. The van der Waals surface area contributed by atoms with Crippen LogP contribution in [0.4, 0.5) is 5.69 Å². The van der Waals surface area contributed by atoms with Crippen LogP contribution in [0.15, 0.2) is 79.1 Å². The number of allylic oxidation sites excluding steroid dienone is 1. The summed E-state index contributed by atoms with van der Waals surface area (Å²) in [6.45, 7) is 10.2. The molecular formula is C27H31N2O2+. The van der Waals surface area contributed by atoms with Gasteiger partial charge >= 0.3 is 0 Å². The molecule has 1 heterocycles. The summed E-state index contributed by atoms with van der Waals surface area (Å²) in [5, 5.41) is 3.11. The predicted octanol–water partition coefficient (Wildman–Crippen LogP) is 5.76. The highest BCUT2D eigenvalue weighted by Crippen LogP contribution is 2.31. The topological polar surface area (TPSA) is 42.2 Å². The van der Waals surface area contributed by atoms with Crippen LogP contribution < -0.4 is 9.88 Å². The number of para-hydroxylation sites is 1. The summed E-state index contributed by atoms with van der Waals surface area (Å²) < 4.78 is 8.04. The third-order valence-corrected chi connectivity index (χ3v) is 4.77. The Labute approximate surface area is 185 Å². The molecule has 1 N–H and O–H groups in total. The second kappa shape index (κ2) is 9.61. The third kappa shape index (κ3) is 6.05. The van der Waals surface area contributed by atoms with Crippen LogP contribution in [0, 0.1) is 6.92 Å². The van der Waals surface area contributed by atoms with Crippen LogP contribution in [0.25, 0.3) is 16.9 Å². The molecular weight excluding hydrogens is 384 g/mol. The van der Waals surface area contributed by atoms with E-state index in [1.165, 1.54) is 0 Å². The van der Waals surface area contributed by atoms with Crippen molar-refractivity contribution in [1.82, 2.24) is 0 Å². The molecule has 0 aliphatic rings. The van der Waals surface area contributed by atoms with Gasteiger partial charge in [0.25, 0.3) is 5.91 Å². The maximum Gasteiger partial charge on any atom is 0.290 e. The summed E-state index contributed by atoms with van der Waals surface area (Å²) in [6, 6.07) is 20.1. The number of anilines is 1. The fraction of sp³-hybridized carbons (Fsp3) is 0.259. The van der Waals surface area contributed by atoms with Crippen molar-refractivity contribution in [1.29, 1.82) is 0 Å². The minimum atomic E-state index is -0.333. The molecule has 1 aromatic heterocycles. The van der Waals surface area contributed by atoms with E-state index < -0.39 is 0 Å². The van der Waals surface area contributed by atoms with Crippen LogP contribution in [-0.2, 0) is 16.1 Å². The Morgan fingerprint density at radius 1 is 1.00 bits per heavy atom. The molecule has 160 valence electrons. The second-order valence-corrected chi connectivity index (χ2v) is 8.54. The first-order valence-electron chi connectivity index (χ1n) is 10.6. The van der Waals surface area contributed by atoms with Crippen molar-refractivity contribution in [3.63, 3.8) is 0 Å².